The summed E-state index contributed by atoms with van der Waals surface area (Å²) in [5.41, 5.74) is 10.3. The lowest BCUT2D eigenvalue weighted by atomic mass is 10.0. The van der Waals surface area contributed by atoms with E-state index in [2.05, 4.69) is 120 Å². The van der Waals surface area contributed by atoms with Gasteiger partial charge < -0.3 is 19.3 Å². The van der Waals surface area contributed by atoms with Crippen LogP contribution in [-0.2, 0) is 25.5 Å². The van der Waals surface area contributed by atoms with Crippen molar-refractivity contribution >= 4 is 46.1 Å². The first-order valence-corrected chi connectivity index (χ1v) is 17.2. The fraction of sp³-hybridized carbons (Fsp3) is 0.0870. The molecule has 258 valence electrons. The topological polar surface area (TPSA) is 59.1 Å². The second-order valence-corrected chi connectivity index (χ2v) is 12.1. The Morgan fingerprint density at radius 1 is 0.538 bits per heavy atom. The monoisotopic (exact) mass is 684 g/mol. The van der Waals surface area contributed by atoms with Crippen LogP contribution in [0.5, 0.6) is 0 Å². The molecule has 6 rings (SSSR count). The molecule has 6 nitrogen and oxygen atoms in total. The zero-order valence-corrected chi connectivity index (χ0v) is 29.1. The highest BCUT2D eigenvalue weighted by Gasteiger charge is 2.16. The van der Waals surface area contributed by atoms with Gasteiger partial charge in [0.15, 0.2) is 0 Å². The van der Waals surface area contributed by atoms with Gasteiger partial charge in [0.25, 0.3) is 0 Å². The number of anilines is 6. The van der Waals surface area contributed by atoms with Crippen LogP contribution in [-0.4, -0.2) is 18.5 Å². The summed E-state index contributed by atoms with van der Waals surface area (Å²) in [6.45, 7) is 9.10. The summed E-state index contributed by atoms with van der Waals surface area (Å²) in [5.74, 6) is -0.858. The number of esters is 2. The van der Waals surface area contributed by atoms with Gasteiger partial charge in [0.05, 0.1) is 6.61 Å². The molecule has 0 N–H and O–H groups in total. The van der Waals surface area contributed by atoms with Crippen molar-refractivity contribution in [1.82, 2.24) is 0 Å². The molecule has 1 unspecified atom stereocenters. The Bertz CT molecular complexity index is 2090. The van der Waals surface area contributed by atoms with Crippen molar-refractivity contribution in [3.05, 3.63) is 194 Å². The number of ether oxygens (including phenoxy) is 2. The molecule has 6 aromatic rings. The molecule has 0 bridgehead atoms. The highest BCUT2D eigenvalue weighted by atomic mass is 16.5. The summed E-state index contributed by atoms with van der Waals surface area (Å²) in [4.78, 5) is 27.6. The number of benzene rings is 6. The average molecular weight is 685 g/mol. The molecular formula is C46H40N2O4. The van der Waals surface area contributed by atoms with Crippen LogP contribution in [0.4, 0.5) is 34.1 Å². The first-order valence-electron chi connectivity index (χ1n) is 17.2. The van der Waals surface area contributed by atoms with E-state index in [1.165, 1.54) is 12.2 Å². The average Bonchev–Trinajstić information content (AvgIpc) is 3.20. The summed E-state index contributed by atoms with van der Waals surface area (Å²) >= 11 is 0. The zero-order valence-electron chi connectivity index (χ0n) is 29.1. The van der Waals surface area contributed by atoms with Gasteiger partial charge >= 0.3 is 11.9 Å². The van der Waals surface area contributed by atoms with Crippen molar-refractivity contribution in [2.75, 3.05) is 16.4 Å². The molecule has 0 aliphatic carbocycles. The maximum absolute atomic E-state index is 11.7. The number of para-hydroxylation sites is 2. The lowest BCUT2D eigenvalue weighted by Gasteiger charge is -2.26. The molecule has 0 heterocycles. The van der Waals surface area contributed by atoms with E-state index in [-0.39, 0.29) is 6.10 Å². The van der Waals surface area contributed by atoms with E-state index in [0.717, 1.165) is 56.4 Å². The molecule has 0 amide bonds. The number of hydrogen-bond acceptors (Lipinski definition) is 6. The van der Waals surface area contributed by atoms with Gasteiger partial charge in [0.1, 0.15) is 6.10 Å². The third kappa shape index (κ3) is 8.55. The highest BCUT2D eigenvalue weighted by Crippen LogP contribution is 2.38. The fourth-order valence-electron chi connectivity index (χ4n) is 5.98. The van der Waals surface area contributed by atoms with Crippen LogP contribution in [0.15, 0.2) is 183 Å². The van der Waals surface area contributed by atoms with E-state index in [0.29, 0.717) is 13.0 Å². The van der Waals surface area contributed by atoms with Gasteiger partial charge in [0, 0.05) is 52.7 Å². The molecular weight excluding hydrogens is 645 g/mol. The van der Waals surface area contributed by atoms with Crippen LogP contribution >= 0.6 is 0 Å². The van der Waals surface area contributed by atoms with E-state index in [4.69, 9.17) is 9.47 Å². The van der Waals surface area contributed by atoms with Crippen molar-refractivity contribution in [2.24, 2.45) is 0 Å². The second-order valence-electron chi connectivity index (χ2n) is 12.1. The SMILES string of the molecule is C=CC(=O)OCCc1ccc(N(c2ccccc2)c2ccc(-c3ccc(N(c4ccccc4)c4ccc(C(C)OC(=O)C=C)cc4)cc3)cc2)cc1. The van der Waals surface area contributed by atoms with Crippen LogP contribution in [0.3, 0.4) is 0 Å². The largest absolute Gasteiger partial charge is 0.462 e. The first-order chi connectivity index (χ1) is 25.4. The minimum atomic E-state index is -0.445. The molecule has 0 aliphatic rings. The molecule has 52 heavy (non-hydrogen) atoms. The third-order valence-electron chi connectivity index (χ3n) is 8.69. The molecule has 6 heteroatoms. The Kier molecular flexibility index (Phi) is 11.4. The first kappa shape index (κ1) is 35.2. The minimum Gasteiger partial charge on any atom is -0.462 e. The summed E-state index contributed by atoms with van der Waals surface area (Å²) in [6.07, 6.45) is 2.60. The van der Waals surface area contributed by atoms with Crippen molar-refractivity contribution in [1.29, 1.82) is 0 Å². The number of nitrogens with zero attached hydrogens (tertiary/aromatic N) is 2. The van der Waals surface area contributed by atoms with Crippen molar-refractivity contribution in [2.45, 2.75) is 19.4 Å². The van der Waals surface area contributed by atoms with Crippen LogP contribution < -0.4 is 9.80 Å². The normalized spacial score (nSPS) is 11.2. The molecule has 0 saturated carbocycles. The van der Waals surface area contributed by atoms with E-state index in [9.17, 15) is 9.59 Å². The second kappa shape index (κ2) is 16.8. The van der Waals surface area contributed by atoms with E-state index in [1.54, 1.807) is 0 Å². The molecule has 6 aromatic carbocycles. The predicted octanol–water partition coefficient (Wildman–Crippen LogP) is 11.4. The van der Waals surface area contributed by atoms with Crippen LogP contribution in [0.1, 0.15) is 24.2 Å². The van der Waals surface area contributed by atoms with E-state index in [1.807, 2.05) is 67.6 Å². The van der Waals surface area contributed by atoms with Gasteiger partial charge in [-0.05, 0) is 102 Å². The standard InChI is InChI=1S/C46H40N2O4/c1-4-45(49)51-33-32-35-16-24-41(25-17-35)47(39-12-8-6-9-13-39)43-28-20-37(21-29-43)38-22-30-44(31-23-38)48(40-14-10-7-11-15-40)42-26-18-36(19-27-42)34(3)52-46(50)5-2/h4-31,34H,1-2,32-33H2,3H3. The molecule has 0 radical (unpaired) electrons. The van der Waals surface area contributed by atoms with Crippen LogP contribution in [0.25, 0.3) is 11.1 Å². The summed E-state index contributed by atoms with van der Waals surface area (Å²) in [5, 5.41) is 0. The van der Waals surface area contributed by atoms with Crippen molar-refractivity contribution in [3.63, 3.8) is 0 Å². The Balaban J connectivity index is 1.23. The molecule has 0 fully saturated rings. The number of hydrogen-bond donors (Lipinski definition) is 0. The van der Waals surface area contributed by atoms with E-state index >= 15 is 0 Å². The lowest BCUT2D eigenvalue weighted by molar-refractivity contribution is -0.142. The molecule has 0 aromatic heterocycles. The van der Waals surface area contributed by atoms with Crippen LogP contribution in [0, 0.1) is 0 Å². The molecule has 1 atom stereocenters. The van der Waals surface area contributed by atoms with Crippen LogP contribution in [0.2, 0.25) is 0 Å². The number of carbonyl (C=O) groups is 2. The van der Waals surface area contributed by atoms with Gasteiger partial charge in [0.2, 0.25) is 0 Å². The fourth-order valence-corrected chi connectivity index (χ4v) is 5.98. The lowest BCUT2D eigenvalue weighted by Crippen LogP contribution is -2.10. The van der Waals surface area contributed by atoms with E-state index < -0.39 is 11.9 Å². The Labute approximate surface area is 305 Å². The van der Waals surface area contributed by atoms with Gasteiger partial charge in [-0.25, -0.2) is 9.59 Å². The Morgan fingerprint density at radius 2 is 0.923 bits per heavy atom. The number of rotatable bonds is 14. The zero-order chi connectivity index (χ0) is 36.3. The van der Waals surface area contributed by atoms with Gasteiger partial charge in [-0.2, -0.15) is 0 Å². The highest BCUT2D eigenvalue weighted by molar-refractivity contribution is 5.82. The quantitative estimate of drug-likeness (QED) is 0.0841. The predicted molar refractivity (Wildman–Crippen MR) is 211 cm³/mol. The summed E-state index contributed by atoms with van der Waals surface area (Å²) in [6, 6.07) is 54.0. The van der Waals surface area contributed by atoms with Gasteiger partial charge in [-0.1, -0.05) is 98.1 Å². The molecule has 0 aliphatic heterocycles. The molecule has 0 saturated heterocycles. The summed E-state index contributed by atoms with van der Waals surface area (Å²) in [7, 11) is 0. The smallest absolute Gasteiger partial charge is 0.330 e. The minimum absolute atomic E-state index is 0.308. The maximum Gasteiger partial charge on any atom is 0.330 e. The van der Waals surface area contributed by atoms with Gasteiger partial charge in [-0.15, -0.1) is 0 Å². The van der Waals surface area contributed by atoms with Crippen molar-refractivity contribution in [3.8, 4) is 11.1 Å². The Hall–Kier alpha value is -6.66. The maximum atomic E-state index is 11.7. The summed E-state index contributed by atoms with van der Waals surface area (Å²) < 4.78 is 10.6. The van der Waals surface area contributed by atoms with Crippen molar-refractivity contribution < 1.29 is 19.1 Å². The molecule has 0 spiro atoms. The van der Waals surface area contributed by atoms with Gasteiger partial charge in [-0.3, -0.25) is 0 Å². The third-order valence-corrected chi connectivity index (χ3v) is 8.69. The Morgan fingerprint density at radius 3 is 1.35 bits per heavy atom. The number of carbonyl (C=O) groups excluding carboxylic acids is 2.